The van der Waals surface area contributed by atoms with Crippen molar-refractivity contribution >= 4 is 46.4 Å². The van der Waals surface area contributed by atoms with Crippen LogP contribution in [0.1, 0.15) is 17.0 Å². The molecule has 0 atom stereocenters. The number of benzene rings is 3. The predicted octanol–water partition coefficient (Wildman–Crippen LogP) is 6.24. The van der Waals surface area contributed by atoms with Gasteiger partial charge in [0, 0.05) is 9.92 Å². The Morgan fingerprint density at radius 2 is 1.76 bits per heavy atom. The summed E-state index contributed by atoms with van der Waals surface area (Å²) in [6, 6.07) is 21.2. The van der Waals surface area contributed by atoms with Gasteiger partial charge in [-0.15, -0.1) is 11.8 Å². The largest absolute Gasteiger partial charge is 0.268 e. The van der Waals surface area contributed by atoms with Crippen molar-refractivity contribution < 1.29 is 0 Å². The van der Waals surface area contributed by atoms with E-state index in [-0.39, 0.29) is 5.56 Å². The highest BCUT2D eigenvalue weighted by atomic mass is 35.5. The van der Waals surface area contributed by atoms with Gasteiger partial charge in [0.05, 0.1) is 16.6 Å². The molecule has 0 aliphatic carbocycles. The highest BCUT2D eigenvalue weighted by Gasteiger charge is 2.13. The molecule has 0 N–H and O–H groups in total. The molecule has 0 saturated heterocycles. The molecule has 4 rings (SSSR count). The number of thioether (sulfide) groups is 1. The minimum absolute atomic E-state index is 0.0987. The van der Waals surface area contributed by atoms with Crippen LogP contribution in [0, 0.1) is 6.92 Å². The number of nitrogens with zero attached hydrogens (tertiary/aromatic N) is 2. The Morgan fingerprint density at radius 3 is 2.48 bits per heavy atom. The van der Waals surface area contributed by atoms with E-state index < -0.39 is 0 Å². The monoisotopic (exact) mass is 418 g/mol. The Labute approximate surface area is 178 Å². The summed E-state index contributed by atoms with van der Waals surface area (Å²) in [5.41, 5.74) is 3.31. The molecule has 3 nitrogen and oxygen atoms in total. The molecule has 0 fully saturated rings. The first-order chi connectivity index (χ1) is 14.1. The van der Waals surface area contributed by atoms with Gasteiger partial charge in [-0.25, -0.2) is 4.98 Å². The normalized spacial score (nSPS) is 11.4. The number of hydrogen-bond donors (Lipinski definition) is 0. The molecule has 0 spiro atoms. The van der Waals surface area contributed by atoms with Gasteiger partial charge in [0.15, 0.2) is 0 Å². The van der Waals surface area contributed by atoms with Gasteiger partial charge in [0.25, 0.3) is 5.56 Å². The van der Waals surface area contributed by atoms with Gasteiger partial charge in [-0.05, 0) is 72.8 Å². The molecule has 3 aromatic carbocycles. The molecule has 5 heteroatoms. The molecule has 0 unspecified atom stereocenters. The average molecular weight is 419 g/mol. The van der Waals surface area contributed by atoms with Crippen LogP contribution in [-0.2, 0) is 0 Å². The SMILES string of the molecule is CSc1ccc(/C=C/c2nc3ccccc3c(=O)n2-c2ccc(Cl)cc2C)cc1. The summed E-state index contributed by atoms with van der Waals surface area (Å²) in [4.78, 5) is 19.3. The maximum absolute atomic E-state index is 13.3. The lowest BCUT2D eigenvalue weighted by Gasteiger charge is -2.14. The Morgan fingerprint density at radius 1 is 1.00 bits per heavy atom. The van der Waals surface area contributed by atoms with Gasteiger partial charge in [-0.3, -0.25) is 9.36 Å². The van der Waals surface area contributed by atoms with Gasteiger partial charge in [-0.2, -0.15) is 0 Å². The molecule has 144 valence electrons. The molecule has 0 saturated carbocycles. The fraction of sp³-hybridized carbons (Fsp3) is 0.0833. The summed E-state index contributed by atoms with van der Waals surface area (Å²) in [5, 5.41) is 1.22. The quantitative estimate of drug-likeness (QED) is 0.368. The molecule has 1 aromatic heterocycles. The minimum atomic E-state index is -0.0987. The Balaban J connectivity index is 1.91. The van der Waals surface area contributed by atoms with E-state index in [4.69, 9.17) is 16.6 Å². The lowest BCUT2D eigenvalue weighted by Crippen LogP contribution is -2.23. The summed E-state index contributed by atoms with van der Waals surface area (Å²) in [7, 11) is 0. The first-order valence-corrected chi connectivity index (χ1v) is 10.8. The molecular weight excluding hydrogens is 400 g/mol. The maximum atomic E-state index is 13.3. The Kier molecular flexibility index (Phi) is 5.56. The summed E-state index contributed by atoms with van der Waals surface area (Å²) in [5.74, 6) is 0.577. The van der Waals surface area contributed by atoms with Crippen LogP contribution in [0.5, 0.6) is 0 Å². The summed E-state index contributed by atoms with van der Waals surface area (Å²) in [6.07, 6.45) is 5.91. The number of fused-ring (bicyclic) bond motifs is 1. The number of aromatic nitrogens is 2. The van der Waals surface area contributed by atoms with Gasteiger partial charge in [-0.1, -0.05) is 41.9 Å². The second kappa shape index (κ2) is 8.27. The molecule has 29 heavy (non-hydrogen) atoms. The van der Waals surface area contributed by atoms with Gasteiger partial charge in [0.2, 0.25) is 0 Å². The van der Waals surface area contributed by atoms with E-state index in [0.29, 0.717) is 21.7 Å². The van der Waals surface area contributed by atoms with Crippen molar-refractivity contribution in [2.75, 3.05) is 6.26 Å². The standard InChI is InChI=1S/C24H19ClN2OS/c1-16-15-18(25)10-13-22(16)27-23(14-9-17-7-11-19(29-2)12-8-17)26-21-6-4-3-5-20(21)24(27)28/h3-15H,1-2H3/b14-9+. The van der Waals surface area contributed by atoms with Crippen LogP contribution >= 0.6 is 23.4 Å². The predicted molar refractivity (Wildman–Crippen MR) is 124 cm³/mol. The number of hydrogen-bond acceptors (Lipinski definition) is 3. The van der Waals surface area contributed by atoms with Crippen LogP contribution in [0.15, 0.2) is 76.4 Å². The van der Waals surface area contributed by atoms with Gasteiger partial charge in [0.1, 0.15) is 5.82 Å². The summed E-state index contributed by atoms with van der Waals surface area (Å²) >= 11 is 7.83. The van der Waals surface area contributed by atoms with E-state index in [1.807, 2.05) is 49.4 Å². The van der Waals surface area contributed by atoms with Gasteiger partial charge < -0.3 is 0 Å². The van der Waals surface area contributed by atoms with Crippen molar-refractivity contribution in [3.8, 4) is 5.69 Å². The third-order valence-electron chi connectivity index (χ3n) is 4.74. The van der Waals surface area contributed by atoms with Crippen LogP contribution in [0.25, 0.3) is 28.7 Å². The van der Waals surface area contributed by atoms with Crippen molar-refractivity contribution in [1.29, 1.82) is 0 Å². The fourth-order valence-electron chi connectivity index (χ4n) is 3.25. The molecule has 0 aliphatic rings. The van der Waals surface area contributed by atoms with Crippen molar-refractivity contribution in [2.45, 2.75) is 11.8 Å². The first-order valence-electron chi connectivity index (χ1n) is 9.17. The summed E-state index contributed by atoms with van der Waals surface area (Å²) < 4.78 is 1.65. The fourth-order valence-corrected chi connectivity index (χ4v) is 3.88. The van der Waals surface area contributed by atoms with Crippen LogP contribution in [0.4, 0.5) is 0 Å². The van der Waals surface area contributed by atoms with Crippen molar-refractivity contribution in [2.24, 2.45) is 0 Å². The van der Waals surface area contributed by atoms with E-state index in [0.717, 1.165) is 16.8 Å². The van der Waals surface area contributed by atoms with Crippen molar-refractivity contribution in [3.05, 3.63) is 99.1 Å². The Bertz CT molecular complexity index is 1280. The smallest absolute Gasteiger partial charge is 0.266 e. The molecule has 0 bridgehead atoms. The van der Waals surface area contributed by atoms with E-state index in [9.17, 15) is 4.79 Å². The number of rotatable bonds is 4. The maximum Gasteiger partial charge on any atom is 0.266 e. The van der Waals surface area contributed by atoms with Crippen LogP contribution in [0.3, 0.4) is 0 Å². The minimum Gasteiger partial charge on any atom is -0.268 e. The molecule has 0 radical (unpaired) electrons. The molecule has 0 amide bonds. The second-order valence-corrected chi connectivity index (χ2v) is 7.98. The molecule has 0 aliphatic heterocycles. The molecule has 1 heterocycles. The average Bonchev–Trinajstić information content (AvgIpc) is 2.73. The third kappa shape index (κ3) is 4.00. The second-order valence-electron chi connectivity index (χ2n) is 6.67. The van der Waals surface area contributed by atoms with E-state index in [1.165, 1.54) is 4.90 Å². The third-order valence-corrected chi connectivity index (χ3v) is 5.72. The lowest BCUT2D eigenvalue weighted by molar-refractivity contribution is 0.934. The van der Waals surface area contributed by atoms with Crippen LogP contribution < -0.4 is 5.56 Å². The zero-order chi connectivity index (χ0) is 20.4. The van der Waals surface area contributed by atoms with Gasteiger partial charge >= 0.3 is 0 Å². The Hall–Kier alpha value is -2.82. The topological polar surface area (TPSA) is 34.9 Å². The zero-order valence-electron chi connectivity index (χ0n) is 16.1. The number of para-hydroxylation sites is 1. The number of halogens is 1. The molecule has 4 aromatic rings. The van der Waals surface area contributed by atoms with E-state index >= 15 is 0 Å². The van der Waals surface area contributed by atoms with Crippen molar-refractivity contribution in [3.63, 3.8) is 0 Å². The number of aryl methyl sites for hydroxylation is 1. The van der Waals surface area contributed by atoms with Crippen LogP contribution in [0.2, 0.25) is 5.02 Å². The van der Waals surface area contributed by atoms with E-state index in [2.05, 4.69) is 30.5 Å². The van der Waals surface area contributed by atoms with Crippen molar-refractivity contribution in [1.82, 2.24) is 9.55 Å². The highest BCUT2D eigenvalue weighted by Crippen LogP contribution is 2.22. The highest BCUT2D eigenvalue weighted by molar-refractivity contribution is 7.98. The lowest BCUT2D eigenvalue weighted by atomic mass is 10.1. The molecular formula is C24H19ClN2OS. The summed E-state index contributed by atoms with van der Waals surface area (Å²) in [6.45, 7) is 1.94. The zero-order valence-corrected chi connectivity index (χ0v) is 17.7. The van der Waals surface area contributed by atoms with E-state index in [1.54, 1.807) is 28.5 Å². The van der Waals surface area contributed by atoms with Crippen LogP contribution in [-0.4, -0.2) is 15.8 Å². The first kappa shape index (κ1) is 19.5.